The maximum Gasteiger partial charge on any atom is 0.153 e. The summed E-state index contributed by atoms with van der Waals surface area (Å²) in [5, 5.41) is 3.58. The van der Waals surface area contributed by atoms with Crippen LogP contribution in [-0.4, -0.2) is 55.5 Å². The smallest absolute Gasteiger partial charge is 0.153 e. The van der Waals surface area contributed by atoms with Crippen LogP contribution in [0.2, 0.25) is 0 Å². The zero-order chi connectivity index (χ0) is 14.3. The van der Waals surface area contributed by atoms with Crippen LogP contribution in [-0.2, 0) is 9.84 Å². The highest BCUT2D eigenvalue weighted by molar-refractivity contribution is 7.91. The Morgan fingerprint density at radius 2 is 1.95 bits per heavy atom. The molecule has 1 aliphatic carbocycles. The van der Waals surface area contributed by atoms with Crippen LogP contribution in [0.5, 0.6) is 0 Å². The molecule has 1 saturated heterocycles. The minimum atomic E-state index is -2.79. The Balaban J connectivity index is 1.89. The third-order valence-electron chi connectivity index (χ3n) is 4.42. The average molecular weight is 288 g/mol. The van der Waals surface area contributed by atoms with Gasteiger partial charge in [0.1, 0.15) is 0 Å². The summed E-state index contributed by atoms with van der Waals surface area (Å²) in [5.41, 5.74) is 0.164. The van der Waals surface area contributed by atoms with Gasteiger partial charge in [0.25, 0.3) is 0 Å². The zero-order valence-electron chi connectivity index (χ0n) is 12.6. The topological polar surface area (TPSA) is 49.4 Å². The van der Waals surface area contributed by atoms with Gasteiger partial charge in [0, 0.05) is 24.2 Å². The lowest BCUT2D eigenvalue weighted by molar-refractivity contribution is 0.0377. The predicted molar refractivity (Wildman–Crippen MR) is 79.1 cm³/mol. The monoisotopic (exact) mass is 288 g/mol. The third kappa shape index (κ3) is 3.92. The van der Waals surface area contributed by atoms with E-state index in [1.807, 2.05) is 0 Å². The molecule has 19 heavy (non-hydrogen) atoms. The van der Waals surface area contributed by atoms with E-state index in [1.165, 1.54) is 12.8 Å². The van der Waals surface area contributed by atoms with Gasteiger partial charge < -0.3 is 5.32 Å². The molecular weight excluding hydrogens is 260 g/mol. The summed E-state index contributed by atoms with van der Waals surface area (Å²) in [4.78, 5) is 2.43. The Morgan fingerprint density at radius 1 is 1.26 bits per heavy atom. The van der Waals surface area contributed by atoms with Crippen molar-refractivity contribution in [1.82, 2.24) is 10.2 Å². The fourth-order valence-electron chi connectivity index (χ4n) is 3.17. The van der Waals surface area contributed by atoms with E-state index in [9.17, 15) is 8.42 Å². The Morgan fingerprint density at radius 3 is 2.42 bits per heavy atom. The summed E-state index contributed by atoms with van der Waals surface area (Å²) >= 11 is 0. The quantitative estimate of drug-likeness (QED) is 0.850. The standard InChI is InChI=1S/C14H28N2O2S/c1-11-10-19(17,18)8-7-16(11)13-6-5-12(13)9-15-14(2,3)4/h11-13,15H,5-10H2,1-4H3. The van der Waals surface area contributed by atoms with Gasteiger partial charge in [-0.05, 0) is 53.0 Å². The normalized spacial score (nSPS) is 35.9. The van der Waals surface area contributed by atoms with Crippen LogP contribution >= 0.6 is 0 Å². The SMILES string of the molecule is CC1CS(=O)(=O)CCN1C1CCC1CNC(C)(C)C. The van der Waals surface area contributed by atoms with E-state index in [-0.39, 0.29) is 11.6 Å². The number of hydrogen-bond donors (Lipinski definition) is 1. The van der Waals surface area contributed by atoms with Crippen molar-refractivity contribution in [3.05, 3.63) is 0 Å². The van der Waals surface area contributed by atoms with Gasteiger partial charge in [-0.25, -0.2) is 8.42 Å². The zero-order valence-corrected chi connectivity index (χ0v) is 13.5. The van der Waals surface area contributed by atoms with E-state index in [0.717, 1.165) is 13.1 Å². The second-order valence-electron chi connectivity index (χ2n) is 7.24. The molecule has 3 atom stereocenters. The molecule has 1 N–H and O–H groups in total. The highest BCUT2D eigenvalue weighted by Crippen LogP contribution is 2.34. The largest absolute Gasteiger partial charge is 0.312 e. The molecule has 0 radical (unpaired) electrons. The molecule has 2 fully saturated rings. The Kier molecular flexibility index (Phi) is 4.29. The van der Waals surface area contributed by atoms with E-state index in [4.69, 9.17) is 0 Å². The Hall–Kier alpha value is -0.130. The number of sulfone groups is 1. The minimum absolute atomic E-state index is 0.164. The third-order valence-corrected chi connectivity index (χ3v) is 6.21. The van der Waals surface area contributed by atoms with Crippen molar-refractivity contribution in [1.29, 1.82) is 0 Å². The van der Waals surface area contributed by atoms with E-state index in [1.54, 1.807) is 0 Å². The van der Waals surface area contributed by atoms with Crippen molar-refractivity contribution in [2.75, 3.05) is 24.6 Å². The number of nitrogens with zero attached hydrogens (tertiary/aromatic N) is 1. The Bertz CT molecular complexity index is 414. The van der Waals surface area contributed by atoms with Crippen molar-refractivity contribution in [2.24, 2.45) is 5.92 Å². The summed E-state index contributed by atoms with van der Waals surface area (Å²) < 4.78 is 23.3. The van der Waals surface area contributed by atoms with Gasteiger partial charge in [0.15, 0.2) is 9.84 Å². The molecule has 1 aliphatic heterocycles. The molecule has 112 valence electrons. The molecule has 1 saturated carbocycles. The molecular formula is C14H28N2O2S. The summed E-state index contributed by atoms with van der Waals surface area (Å²) in [5.74, 6) is 1.36. The van der Waals surface area contributed by atoms with Gasteiger partial charge in [0.2, 0.25) is 0 Å². The molecule has 2 rings (SSSR count). The average Bonchev–Trinajstić information content (AvgIpc) is 2.18. The van der Waals surface area contributed by atoms with Crippen LogP contribution in [0.3, 0.4) is 0 Å². The lowest BCUT2D eigenvalue weighted by Gasteiger charge is -2.49. The van der Waals surface area contributed by atoms with E-state index in [0.29, 0.717) is 23.5 Å². The van der Waals surface area contributed by atoms with Crippen molar-refractivity contribution in [3.8, 4) is 0 Å². The fourth-order valence-corrected chi connectivity index (χ4v) is 4.75. The summed E-state index contributed by atoms with van der Waals surface area (Å²) in [6.45, 7) is 10.4. The van der Waals surface area contributed by atoms with Crippen molar-refractivity contribution >= 4 is 9.84 Å². The van der Waals surface area contributed by atoms with Crippen LogP contribution in [0.15, 0.2) is 0 Å². The van der Waals surface area contributed by atoms with Gasteiger partial charge in [-0.15, -0.1) is 0 Å². The second kappa shape index (κ2) is 5.34. The van der Waals surface area contributed by atoms with Crippen LogP contribution in [0.1, 0.15) is 40.5 Å². The van der Waals surface area contributed by atoms with Crippen molar-refractivity contribution in [3.63, 3.8) is 0 Å². The number of hydrogen-bond acceptors (Lipinski definition) is 4. The molecule has 4 nitrogen and oxygen atoms in total. The van der Waals surface area contributed by atoms with E-state index >= 15 is 0 Å². The first kappa shape index (κ1) is 15.3. The predicted octanol–water partition coefficient (Wildman–Crippen LogP) is 1.27. The molecule has 3 unspecified atom stereocenters. The van der Waals surface area contributed by atoms with Crippen molar-refractivity contribution in [2.45, 2.75) is 58.2 Å². The molecule has 1 heterocycles. The molecule has 0 aromatic rings. The van der Waals surface area contributed by atoms with Gasteiger partial charge >= 0.3 is 0 Å². The maximum absolute atomic E-state index is 11.6. The molecule has 0 bridgehead atoms. The molecule has 0 spiro atoms. The molecule has 0 aromatic heterocycles. The number of nitrogens with one attached hydrogen (secondary N) is 1. The fraction of sp³-hybridized carbons (Fsp3) is 1.00. The number of rotatable bonds is 3. The Labute approximate surface area is 117 Å². The molecule has 0 aromatic carbocycles. The second-order valence-corrected chi connectivity index (χ2v) is 9.47. The lowest BCUT2D eigenvalue weighted by Crippen LogP contribution is -2.59. The minimum Gasteiger partial charge on any atom is -0.312 e. The van der Waals surface area contributed by atoms with E-state index in [2.05, 4.69) is 37.9 Å². The van der Waals surface area contributed by atoms with E-state index < -0.39 is 9.84 Å². The first-order valence-corrected chi connectivity index (χ1v) is 9.21. The van der Waals surface area contributed by atoms with Gasteiger partial charge in [0.05, 0.1) is 11.5 Å². The van der Waals surface area contributed by atoms with Crippen molar-refractivity contribution < 1.29 is 8.42 Å². The maximum atomic E-state index is 11.6. The molecule has 5 heteroatoms. The van der Waals surface area contributed by atoms with Gasteiger partial charge in [-0.2, -0.15) is 0 Å². The van der Waals surface area contributed by atoms with Crippen LogP contribution in [0, 0.1) is 5.92 Å². The molecule has 2 aliphatic rings. The first-order chi connectivity index (χ1) is 8.68. The van der Waals surface area contributed by atoms with Crippen LogP contribution < -0.4 is 5.32 Å². The van der Waals surface area contributed by atoms with Crippen LogP contribution in [0.25, 0.3) is 0 Å². The highest BCUT2D eigenvalue weighted by Gasteiger charge is 2.40. The highest BCUT2D eigenvalue weighted by atomic mass is 32.2. The first-order valence-electron chi connectivity index (χ1n) is 7.39. The summed E-state index contributed by atoms with van der Waals surface area (Å²) in [6.07, 6.45) is 2.49. The van der Waals surface area contributed by atoms with Gasteiger partial charge in [-0.3, -0.25) is 4.90 Å². The van der Waals surface area contributed by atoms with Crippen LogP contribution in [0.4, 0.5) is 0 Å². The lowest BCUT2D eigenvalue weighted by atomic mass is 9.77. The summed E-state index contributed by atoms with van der Waals surface area (Å²) in [7, 11) is -2.79. The summed E-state index contributed by atoms with van der Waals surface area (Å²) in [6, 6.07) is 0.765. The van der Waals surface area contributed by atoms with Gasteiger partial charge in [-0.1, -0.05) is 0 Å². The molecule has 0 amide bonds.